The quantitative estimate of drug-likeness (QED) is 0.723. The van der Waals surface area contributed by atoms with Crippen molar-refractivity contribution in [3.63, 3.8) is 0 Å². The Bertz CT molecular complexity index is 783. The van der Waals surface area contributed by atoms with Crippen LogP contribution in [-0.4, -0.2) is 26.9 Å². The van der Waals surface area contributed by atoms with Gasteiger partial charge in [0.1, 0.15) is 10.8 Å². The SMILES string of the molecule is COc1ccccc1-c1nc(CSc2nnc(N)n2C)cs1. The topological polar surface area (TPSA) is 78.8 Å². The lowest BCUT2D eigenvalue weighted by atomic mass is 10.2. The van der Waals surface area contributed by atoms with Crippen LogP contribution in [0.1, 0.15) is 5.69 Å². The number of anilines is 1. The third-order valence-electron chi connectivity index (χ3n) is 3.11. The first-order chi connectivity index (χ1) is 10.7. The molecule has 2 aromatic heterocycles. The molecule has 2 N–H and O–H groups in total. The van der Waals surface area contributed by atoms with E-state index in [-0.39, 0.29) is 0 Å². The smallest absolute Gasteiger partial charge is 0.222 e. The van der Waals surface area contributed by atoms with E-state index in [0.29, 0.717) is 5.95 Å². The van der Waals surface area contributed by atoms with Crippen LogP contribution in [0, 0.1) is 0 Å². The first kappa shape index (κ1) is 14.9. The Hall–Kier alpha value is -2.06. The molecule has 0 bridgehead atoms. The Labute approximate surface area is 136 Å². The second kappa shape index (κ2) is 6.37. The maximum atomic E-state index is 5.67. The highest BCUT2D eigenvalue weighted by molar-refractivity contribution is 7.98. The van der Waals surface area contributed by atoms with Crippen LogP contribution in [0.2, 0.25) is 0 Å². The molecule has 0 fully saturated rings. The minimum absolute atomic E-state index is 0.412. The van der Waals surface area contributed by atoms with Crippen molar-refractivity contribution in [3.05, 3.63) is 35.3 Å². The maximum absolute atomic E-state index is 5.67. The minimum Gasteiger partial charge on any atom is -0.496 e. The Morgan fingerprint density at radius 1 is 1.32 bits per heavy atom. The van der Waals surface area contributed by atoms with E-state index in [9.17, 15) is 0 Å². The second-order valence-electron chi connectivity index (χ2n) is 4.53. The number of hydrogen-bond acceptors (Lipinski definition) is 7. The molecule has 0 aliphatic rings. The van der Waals surface area contributed by atoms with Gasteiger partial charge < -0.3 is 10.5 Å². The van der Waals surface area contributed by atoms with Gasteiger partial charge in [-0.25, -0.2) is 4.98 Å². The minimum atomic E-state index is 0.412. The number of thioether (sulfide) groups is 1. The van der Waals surface area contributed by atoms with Gasteiger partial charge in [0.25, 0.3) is 0 Å². The Balaban J connectivity index is 1.75. The lowest BCUT2D eigenvalue weighted by molar-refractivity contribution is 0.416. The van der Waals surface area contributed by atoms with Crippen molar-refractivity contribution < 1.29 is 4.74 Å². The van der Waals surface area contributed by atoms with E-state index in [0.717, 1.165) is 32.9 Å². The van der Waals surface area contributed by atoms with Crippen LogP contribution in [-0.2, 0) is 12.8 Å². The van der Waals surface area contributed by atoms with Crippen molar-refractivity contribution in [2.24, 2.45) is 7.05 Å². The fourth-order valence-electron chi connectivity index (χ4n) is 1.91. The summed E-state index contributed by atoms with van der Waals surface area (Å²) in [7, 11) is 3.51. The van der Waals surface area contributed by atoms with Crippen LogP contribution in [0.3, 0.4) is 0 Å². The number of nitrogens with two attached hydrogens (primary N) is 1. The summed E-state index contributed by atoms with van der Waals surface area (Å²) in [5.41, 5.74) is 7.68. The monoisotopic (exact) mass is 333 g/mol. The third kappa shape index (κ3) is 2.93. The molecule has 0 saturated heterocycles. The van der Waals surface area contributed by atoms with Crippen LogP contribution in [0.25, 0.3) is 10.6 Å². The number of methoxy groups -OCH3 is 1. The molecule has 0 radical (unpaired) electrons. The molecule has 0 unspecified atom stereocenters. The molecule has 0 atom stereocenters. The normalized spacial score (nSPS) is 10.8. The average molecular weight is 333 g/mol. The predicted octanol–water partition coefficient (Wildman–Crippen LogP) is 2.82. The molecule has 114 valence electrons. The molecule has 3 aromatic rings. The highest BCUT2D eigenvalue weighted by Crippen LogP contribution is 2.33. The average Bonchev–Trinajstić information content (AvgIpc) is 3.14. The van der Waals surface area contributed by atoms with Crippen molar-refractivity contribution in [3.8, 4) is 16.3 Å². The number of nitrogen functional groups attached to an aromatic ring is 1. The Kier molecular flexibility index (Phi) is 4.30. The van der Waals surface area contributed by atoms with Crippen molar-refractivity contribution in [1.82, 2.24) is 19.7 Å². The molecule has 8 heteroatoms. The van der Waals surface area contributed by atoms with Gasteiger partial charge >= 0.3 is 0 Å². The number of nitrogens with zero attached hydrogens (tertiary/aromatic N) is 4. The Morgan fingerprint density at radius 3 is 2.86 bits per heavy atom. The van der Waals surface area contributed by atoms with Gasteiger partial charge in [-0.05, 0) is 12.1 Å². The van der Waals surface area contributed by atoms with E-state index < -0.39 is 0 Å². The molecule has 1 aromatic carbocycles. The summed E-state index contributed by atoms with van der Waals surface area (Å²) in [5.74, 6) is 1.96. The summed E-state index contributed by atoms with van der Waals surface area (Å²) in [5, 5.41) is 11.7. The van der Waals surface area contributed by atoms with Gasteiger partial charge in [0.15, 0.2) is 5.16 Å². The Morgan fingerprint density at radius 2 is 2.14 bits per heavy atom. The van der Waals surface area contributed by atoms with Gasteiger partial charge in [0, 0.05) is 18.2 Å². The van der Waals surface area contributed by atoms with Gasteiger partial charge in [-0.3, -0.25) is 4.57 Å². The molecule has 6 nitrogen and oxygen atoms in total. The zero-order valence-electron chi connectivity index (χ0n) is 12.2. The first-order valence-corrected chi connectivity index (χ1v) is 8.41. The summed E-state index contributed by atoms with van der Waals surface area (Å²) in [6, 6.07) is 7.88. The summed E-state index contributed by atoms with van der Waals surface area (Å²) < 4.78 is 7.14. The van der Waals surface area contributed by atoms with E-state index >= 15 is 0 Å². The molecule has 0 spiro atoms. The van der Waals surface area contributed by atoms with Crippen molar-refractivity contribution in [2.75, 3.05) is 12.8 Å². The van der Waals surface area contributed by atoms with Crippen LogP contribution in [0.5, 0.6) is 5.75 Å². The summed E-state index contributed by atoms with van der Waals surface area (Å²) in [6.45, 7) is 0. The van der Waals surface area contributed by atoms with Crippen LogP contribution in [0.4, 0.5) is 5.95 Å². The summed E-state index contributed by atoms with van der Waals surface area (Å²) in [6.07, 6.45) is 0. The maximum Gasteiger partial charge on any atom is 0.222 e. The van der Waals surface area contributed by atoms with Crippen LogP contribution >= 0.6 is 23.1 Å². The van der Waals surface area contributed by atoms with Crippen molar-refractivity contribution >= 4 is 29.0 Å². The van der Waals surface area contributed by atoms with Gasteiger partial charge in [0.05, 0.1) is 18.4 Å². The zero-order valence-corrected chi connectivity index (χ0v) is 13.8. The molecule has 2 heterocycles. The molecule has 3 rings (SSSR count). The number of benzene rings is 1. The third-order valence-corrected chi connectivity index (χ3v) is 5.09. The van der Waals surface area contributed by atoms with Crippen molar-refractivity contribution in [2.45, 2.75) is 10.9 Å². The number of aromatic nitrogens is 4. The van der Waals surface area contributed by atoms with Crippen LogP contribution < -0.4 is 10.5 Å². The second-order valence-corrected chi connectivity index (χ2v) is 6.33. The fourth-order valence-corrected chi connectivity index (χ4v) is 3.67. The lowest BCUT2D eigenvalue weighted by Crippen LogP contribution is -1.98. The van der Waals surface area contributed by atoms with Gasteiger partial charge in [-0.1, -0.05) is 23.9 Å². The summed E-state index contributed by atoms with van der Waals surface area (Å²) in [4.78, 5) is 4.67. The number of para-hydroxylation sites is 1. The zero-order chi connectivity index (χ0) is 15.5. The largest absolute Gasteiger partial charge is 0.496 e. The molecule has 0 aliphatic heterocycles. The summed E-state index contributed by atoms with van der Waals surface area (Å²) >= 11 is 3.17. The number of ether oxygens (including phenoxy) is 1. The van der Waals surface area contributed by atoms with Crippen LogP contribution in [0.15, 0.2) is 34.8 Å². The number of thiazole rings is 1. The molecule has 22 heavy (non-hydrogen) atoms. The lowest BCUT2D eigenvalue weighted by Gasteiger charge is -2.04. The van der Waals surface area contributed by atoms with Gasteiger partial charge in [0.2, 0.25) is 5.95 Å². The standard InChI is InChI=1S/C14H15N5OS2/c1-19-13(15)17-18-14(19)22-8-9-7-21-12(16-9)10-5-3-4-6-11(10)20-2/h3-7H,8H2,1-2H3,(H2,15,17). The van der Waals surface area contributed by atoms with E-state index in [1.807, 2.05) is 31.3 Å². The molecular formula is C14H15N5OS2. The van der Waals surface area contributed by atoms with Gasteiger partial charge in [-0.2, -0.15) is 0 Å². The van der Waals surface area contributed by atoms with E-state index in [1.54, 1.807) is 34.8 Å². The van der Waals surface area contributed by atoms with E-state index in [2.05, 4.69) is 20.6 Å². The first-order valence-electron chi connectivity index (χ1n) is 6.54. The van der Waals surface area contributed by atoms with E-state index in [4.69, 9.17) is 10.5 Å². The molecule has 0 amide bonds. The highest BCUT2D eigenvalue weighted by Gasteiger charge is 2.11. The molecule has 0 saturated carbocycles. The predicted molar refractivity (Wildman–Crippen MR) is 89.1 cm³/mol. The van der Waals surface area contributed by atoms with Gasteiger partial charge in [-0.15, -0.1) is 21.5 Å². The van der Waals surface area contributed by atoms with E-state index in [1.165, 1.54) is 0 Å². The number of hydrogen-bond donors (Lipinski definition) is 1. The number of rotatable bonds is 5. The highest BCUT2D eigenvalue weighted by atomic mass is 32.2. The van der Waals surface area contributed by atoms with Crippen molar-refractivity contribution in [1.29, 1.82) is 0 Å². The fraction of sp³-hybridized carbons (Fsp3) is 0.214. The molecular weight excluding hydrogens is 318 g/mol. The molecule has 0 aliphatic carbocycles.